The molecule has 0 spiro atoms. The monoisotopic (exact) mass is 369 g/mol. The van der Waals surface area contributed by atoms with Crippen molar-refractivity contribution in [3.05, 3.63) is 99.8 Å². The van der Waals surface area contributed by atoms with Crippen LogP contribution in [-0.4, -0.2) is 16.6 Å². The SMILES string of the molecule is O=C(NN=C(c1ccccc1)c1cccnc1)c1ccc(Cl)cc1Cl. The van der Waals surface area contributed by atoms with Gasteiger partial charge in [0.05, 0.1) is 16.3 Å². The van der Waals surface area contributed by atoms with Crippen LogP contribution in [0, 0.1) is 0 Å². The van der Waals surface area contributed by atoms with Gasteiger partial charge in [-0.05, 0) is 30.3 Å². The Balaban J connectivity index is 1.93. The first-order chi connectivity index (χ1) is 12.1. The van der Waals surface area contributed by atoms with Gasteiger partial charge < -0.3 is 0 Å². The number of carbonyl (C=O) groups excluding carboxylic acids is 1. The number of nitrogens with one attached hydrogen (secondary N) is 1. The number of aromatic nitrogens is 1. The van der Waals surface area contributed by atoms with Crippen LogP contribution in [0.1, 0.15) is 21.5 Å². The van der Waals surface area contributed by atoms with Crippen LogP contribution in [0.3, 0.4) is 0 Å². The first-order valence-corrected chi connectivity index (χ1v) is 8.19. The number of carbonyl (C=O) groups is 1. The van der Waals surface area contributed by atoms with E-state index < -0.39 is 5.91 Å². The number of hydrogen-bond acceptors (Lipinski definition) is 3. The van der Waals surface area contributed by atoms with Crippen LogP contribution in [0.25, 0.3) is 0 Å². The van der Waals surface area contributed by atoms with Crippen LogP contribution in [0.4, 0.5) is 0 Å². The van der Waals surface area contributed by atoms with Crippen LogP contribution in [0.15, 0.2) is 78.2 Å². The molecule has 0 atom stereocenters. The molecule has 0 fully saturated rings. The molecule has 0 saturated carbocycles. The van der Waals surface area contributed by atoms with Crippen molar-refractivity contribution in [3.8, 4) is 0 Å². The average Bonchev–Trinajstić information content (AvgIpc) is 2.63. The molecule has 1 aromatic heterocycles. The molecule has 25 heavy (non-hydrogen) atoms. The molecular formula is C19H13Cl2N3O. The van der Waals surface area contributed by atoms with E-state index in [1.165, 1.54) is 6.07 Å². The first-order valence-electron chi connectivity index (χ1n) is 7.44. The Morgan fingerprint density at radius 3 is 2.40 bits per heavy atom. The van der Waals surface area contributed by atoms with Gasteiger partial charge >= 0.3 is 0 Å². The fourth-order valence-electron chi connectivity index (χ4n) is 2.24. The molecule has 1 amide bonds. The second-order valence-corrected chi connectivity index (χ2v) is 5.98. The standard InChI is InChI=1S/C19H13Cl2N3O/c20-15-8-9-16(17(21)11-15)19(25)24-23-18(13-5-2-1-3-6-13)14-7-4-10-22-12-14/h1-12H,(H,24,25). The average molecular weight is 370 g/mol. The minimum absolute atomic E-state index is 0.267. The van der Waals surface area contributed by atoms with Crippen molar-refractivity contribution in [2.75, 3.05) is 0 Å². The van der Waals surface area contributed by atoms with Gasteiger partial charge in [-0.25, -0.2) is 5.43 Å². The van der Waals surface area contributed by atoms with Crippen molar-refractivity contribution in [2.45, 2.75) is 0 Å². The molecule has 0 bridgehead atoms. The predicted molar refractivity (Wildman–Crippen MR) is 100 cm³/mol. The van der Waals surface area contributed by atoms with Gasteiger partial charge in [-0.1, -0.05) is 53.5 Å². The lowest BCUT2D eigenvalue weighted by molar-refractivity contribution is 0.0955. The number of benzene rings is 2. The Kier molecular flexibility index (Phi) is 5.43. The second kappa shape index (κ2) is 7.92. The number of nitrogens with zero attached hydrogens (tertiary/aromatic N) is 2. The van der Waals surface area contributed by atoms with E-state index in [-0.39, 0.29) is 5.02 Å². The summed E-state index contributed by atoms with van der Waals surface area (Å²) in [6, 6.07) is 17.9. The molecular weight excluding hydrogens is 357 g/mol. The number of halogens is 2. The van der Waals surface area contributed by atoms with Crippen molar-refractivity contribution in [1.29, 1.82) is 0 Å². The molecule has 2 aromatic carbocycles. The highest BCUT2D eigenvalue weighted by atomic mass is 35.5. The number of hydrogen-bond donors (Lipinski definition) is 1. The van der Waals surface area contributed by atoms with Gasteiger partial charge in [0.25, 0.3) is 5.91 Å². The largest absolute Gasteiger partial charge is 0.272 e. The van der Waals surface area contributed by atoms with Gasteiger partial charge in [0.15, 0.2) is 0 Å². The van der Waals surface area contributed by atoms with Crippen LogP contribution in [-0.2, 0) is 0 Å². The lowest BCUT2D eigenvalue weighted by Crippen LogP contribution is -2.21. The van der Waals surface area contributed by atoms with Gasteiger partial charge in [-0.3, -0.25) is 9.78 Å². The molecule has 6 heteroatoms. The Bertz CT molecular complexity index is 871. The summed E-state index contributed by atoms with van der Waals surface area (Å²) in [4.78, 5) is 16.5. The van der Waals surface area contributed by atoms with E-state index in [2.05, 4.69) is 15.5 Å². The quantitative estimate of drug-likeness (QED) is 0.540. The lowest BCUT2D eigenvalue weighted by Gasteiger charge is -2.08. The van der Waals surface area contributed by atoms with Crippen molar-refractivity contribution < 1.29 is 4.79 Å². The third kappa shape index (κ3) is 4.24. The smallest absolute Gasteiger partial charge is 0.267 e. The van der Waals surface area contributed by atoms with Gasteiger partial charge in [0, 0.05) is 28.5 Å². The van der Waals surface area contributed by atoms with Crippen molar-refractivity contribution >= 4 is 34.8 Å². The fourth-order valence-corrected chi connectivity index (χ4v) is 2.73. The maximum Gasteiger partial charge on any atom is 0.272 e. The Hall–Kier alpha value is -2.69. The molecule has 0 saturated heterocycles. The minimum atomic E-state index is -0.418. The highest BCUT2D eigenvalue weighted by molar-refractivity contribution is 6.36. The molecule has 0 unspecified atom stereocenters. The maximum absolute atomic E-state index is 12.4. The van der Waals surface area contributed by atoms with E-state index in [1.54, 1.807) is 24.5 Å². The Morgan fingerprint density at radius 2 is 1.72 bits per heavy atom. The normalized spacial score (nSPS) is 11.2. The predicted octanol–water partition coefficient (Wildman–Crippen LogP) is 4.57. The van der Waals surface area contributed by atoms with E-state index >= 15 is 0 Å². The van der Waals surface area contributed by atoms with Crippen LogP contribution in [0.2, 0.25) is 10.0 Å². The Morgan fingerprint density at radius 1 is 0.960 bits per heavy atom. The van der Waals surface area contributed by atoms with Gasteiger partial charge in [0.2, 0.25) is 0 Å². The maximum atomic E-state index is 12.4. The van der Waals surface area contributed by atoms with Gasteiger partial charge in [-0.2, -0.15) is 5.10 Å². The zero-order valence-corrected chi connectivity index (χ0v) is 14.5. The highest BCUT2D eigenvalue weighted by Gasteiger charge is 2.12. The Labute approximate surface area is 155 Å². The summed E-state index contributed by atoms with van der Waals surface area (Å²) in [5.74, 6) is -0.418. The van der Waals surface area contributed by atoms with E-state index in [4.69, 9.17) is 23.2 Å². The van der Waals surface area contributed by atoms with E-state index in [1.807, 2.05) is 42.5 Å². The third-order valence-corrected chi connectivity index (χ3v) is 3.98. The molecule has 1 N–H and O–H groups in total. The molecule has 1 heterocycles. The number of amides is 1. The fraction of sp³-hybridized carbons (Fsp3) is 0. The zero-order valence-electron chi connectivity index (χ0n) is 13.0. The number of hydrazone groups is 1. The van der Waals surface area contributed by atoms with Crippen LogP contribution in [0.5, 0.6) is 0 Å². The summed E-state index contributed by atoms with van der Waals surface area (Å²) < 4.78 is 0. The summed E-state index contributed by atoms with van der Waals surface area (Å²) in [5.41, 5.74) is 5.10. The lowest BCUT2D eigenvalue weighted by atomic mass is 10.0. The summed E-state index contributed by atoms with van der Waals surface area (Å²) in [6.07, 6.45) is 3.37. The first kappa shape index (κ1) is 17.1. The summed E-state index contributed by atoms with van der Waals surface area (Å²) in [7, 11) is 0. The second-order valence-electron chi connectivity index (χ2n) is 5.13. The minimum Gasteiger partial charge on any atom is -0.267 e. The number of pyridine rings is 1. The molecule has 3 rings (SSSR count). The zero-order chi connectivity index (χ0) is 17.6. The van der Waals surface area contributed by atoms with Crippen LogP contribution < -0.4 is 5.43 Å². The third-order valence-electron chi connectivity index (χ3n) is 3.43. The van der Waals surface area contributed by atoms with E-state index in [0.717, 1.165) is 11.1 Å². The van der Waals surface area contributed by atoms with E-state index in [9.17, 15) is 4.79 Å². The molecule has 3 aromatic rings. The highest BCUT2D eigenvalue weighted by Crippen LogP contribution is 2.21. The molecule has 4 nitrogen and oxygen atoms in total. The summed E-state index contributed by atoms with van der Waals surface area (Å²) in [6.45, 7) is 0. The molecule has 0 aliphatic rings. The van der Waals surface area contributed by atoms with E-state index in [0.29, 0.717) is 16.3 Å². The van der Waals surface area contributed by atoms with Crippen molar-refractivity contribution in [1.82, 2.24) is 10.4 Å². The summed E-state index contributed by atoms with van der Waals surface area (Å²) >= 11 is 11.9. The van der Waals surface area contributed by atoms with Crippen molar-refractivity contribution in [3.63, 3.8) is 0 Å². The van der Waals surface area contributed by atoms with Crippen molar-refractivity contribution in [2.24, 2.45) is 5.10 Å². The number of rotatable bonds is 4. The summed E-state index contributed by atoms with van der Waals surface area (Å²) in [5, 5.41) is 5.02. The molecule has 0 aliphatic carbocycles. The van der Waals surface area contributed by atoms with Crippen LogP contribution >= 0.6 is 23.2 Å². The molecule has 0 aliphatic heterocycles. The van der Waals surface area contributed by atoms with Gasteiger partial charge in [0.1, 0.15) is 0 Å². The topological polar surface area (TPSA) is 54.4 Å². The molecule has 0 radical (unpaired) electrons. The van der Waals surface area contributed by atoms with Gasteiger partial charge in [-0.15, -0.1) is 0 Å². The molecule has 124 valence electrons.